The summed E-state index contributed by atoms with van der Waals surface area (Å²) in [5.41, 5.74) is 0. The summed E-state index contributed by atoms with van der Waals surface area (Å²) < 4.78 is 0. The number of rotatable bonds is 7. The molecule has 1 aromatic heterocycles. The van der Waals surface area contributed by atoms with E-state index in [0.29, 0.717) is 11.9 Å². The van der Waals surface area contributed by atoms with Gasteiger partial charge in [0.05, 0.1) is 0 Å². The molecule has 118 valence electrons. The second-order valence-corrected chi connectivity index (χ2v) is 6.52. The third kappa shape index (κ3) is 7.70. The SMILES string of the molecule is CC(C)CNC(=NCC(=O)N(C)C)NCCc1cccs1. The van der Waals surface area contributed by atoms with Gasteiger partial charge in [0.25, 0.3) is 0 Å². The van der Waals surface area contributed by atoms with Gasteiger partial charge < -0.3 is 15.5 Å². The van der Waals surface area contributed by atoms with Crippen molar-refractivity contribution in [2.24, 2.45) is 10.9 Å². The molecule has 1 rings (SSSR count). The number of hydrogen-bond donors (Lipinski definition) is 2. The van der Waals surface area contributed by atoms with Crippen molar-refractivity contribution >= 4 is 23.2 Å². The zero-order valence-corrected chi connectivity index (χ0v) is 14.2. The number of hydrogen-bond acceptors (Lipinski definition) is 3. The molecule has 1 heterocycles. The lowest BCUT2D eigenvalue weighted by Gasteiger charge is -2.14. The number of nitrogens with zero attached hydrogens (tertiary/aromatic N) is 2. The van der Waals surface area contributed by atoms with Gasteiger partial charge in [-0.3, -0.25) is 4.79 Å². The first-order valence-electron chi connectivity index (χ1n) is 7.23. The lowest BCUT2D eigenvalue weighted by molar-refractivity contribution is -0.127. The highest BCUT2D eigenvalue weighted by Crippen LogP contribution is 2.07. The molecule has 0 atom stereocenters. The lowest BCUT2D eigenvalue weighted by Crippen LogP contribution is -2.41. The van der Waals surface area contributed by atoms with Gasteiger partial charge in [-0.1, -0.05) is 19.9 Å². The van der Waals surface area contributed by atoms with E-state index >= 15 is 0 Å². The Morgan fingerprint density at radius 3 is 2.71 bits per heavy atom. The van der Waals surface area contributed by atoms with E-state index in [0.717, 1.165) is 19.5 Å². The van der Waals surface area contributed by atoms with E-state index in [2.05, 4.69) is 47.0 Å². The normalized spacial score (nSPS) is 11.6. The van der Waals surface area contributed by atoms with Crippen LogP contribution in [0.2, 0.25) is 0 Å². The average molecular weight is 310 g/mol. The second-order valence-electron chi connectivity index (χ2n) is 5.48. The maximum atomic E-state index is 11.6. The molecule has 2 N–H and O–H groups in total. The van der Waals surface area contributed by atoms with Crippen molar-refractivity contribution in [1.82, 2.24) is 15.5 Å². The summed E-state index contributed by atoms with van der Waals surface area (Å²) in [6.45, 7) is 6.09. The van der Waals surface area contributed by atoms with E-state index < -0.39 is 0 Å². The van der Waals surface area contributed by atoms with Crippen LogP contribution in [-0.4, -0.2) is 50.5 Å². The topological polar surface area (TPSA) is 56.7 Å². The van der Waals surface area contributed by atoms with Gasteiger partial charge >= 0.3 is 0 Å². The van der Waals surface area contributed by atoms with Crippen LogP contribution in [0.15, 0.2) is 22.5 Å². The van der Waals surface area contributed by atoms with Crippen molar-refractivity contribution in [3.8, 4) is 0 Å². The number of amides is 1. The quantitative estimate of drug-likeness (QED) is 0.594. The van der Waals surface area contributed by atoms with E-state index in [4.69, 9.17) is 0 Å². The standard InChI is InChI=1S/C15H26N4OS/c1-12(2)10-17-15(18-11-14(20)19(3)4)16-8-7-13-6-5-9-21-13/h5-6,9,12H,7-8,10-11H2,1-4H3,(H2,16,17,18). The molecule has 0 saturated carbocycles. The third-order valence-electron chi connectivity index (χ3n) is 2.79. The Balaban J connectivity index is 2.46. The fraction of sp³-hybridized carbons (Fsp3) is 0.600. The fourth-order valence-electron chi connectivity index (χ4n) is 1.52. The molecule has 1 amide bonds. The van der Waals surface area contributed by atoms with Gasteiger partial charge in [-0.15, -0.1) is 11.3 Å². The van der Waals surface area contributed by atoms with Crippen molar-refractivity contribution < 1.29 is 4.79 Å². The summed E-state index contributed by atoms with van der Waals surface area (Å²) in [7, 11) is 3.48. The van der Waals surface area contributed by atoms with Gasteiger partial charge in [-0.25, -0.2) is 4.99 Å². The monoisotopic (exact) mass is 310 g/mol. The smallest absolute Gasteiger partial charge is 0.243 e. The highest BCUT2D eigenvalue weighted by Gasteiger charge is 2.05. The molecule has 6 heteroatoms. The van der Waals surface area contributed by atoms with Crippen LogP contribution >= 0.6 is 11.3 Å². The summed E-state index contributed by atoms with van der Waals surface area (Å²) in [5, 5.41) is 8.63. The minimum absolute atomic E-state index is 0.00102. The number of guanidine groups is 1. The first kappa shape index (κ1) is 17.5. The summed E-state index contributed by atoms with van der Waals surface area (Å²) >= 11 is 1.75. The number of thiophene rings is 1. The number of likely N-dealkylation sites (N-methyl/N-ethyl adjacent to an activating group) is 1. The molecule has 0 unspecified atom stereocenters. The van der Waals surface area contributed by atoms with Gasteiger partial charge in [-0.05, 0) is 23.8 Å². The van der Waals surface area contributed by atoms with Crippen molar-refractivity contribution in [1.29, 1.82) is 0 Å². The van der Waals surface area contributed by atoms with Crippen LogP contribution in [0.1, 0.15) is 18.7 Å². The van der Waals surface area contributed by atoms with Gasteiger partial charge in [0.15, 0.2) is 5.96 Å². The van der Waals surface area contributed by atoms with Gasteiger partial charge in [-0.2, -0.15) is 0 Å². The highest BCUT2D eigenvalue weighted by atomic mass is 32.1. The van der Waals surface area contributed by atoms with E-state index in [1.54, 1.807) is 30.3 Å². The Morgan fingerprint density at radius 2 is 2.14 bits per heavy atom. The molecule has 0 aliphatic carbocycles. The molecule has 0 aliphatic heterocycles. The third-order valence-corrected chi connectivity index (χ3v) is 3.73. The second kappa shape index (κ2) is 9.39. The Bertz CT molecular complexity index is 441. The Hall–Kier alpha value is -1.56. The van der Waals surface area contributed by atoms with Crippen LogP contribution in [0.25, 0.3) is 0 Å². The van der Waals surface area contributed by atoms with E-state index in [1.807, 2.05) is 0 Å². The van der Waals surface area contributed by atoms with Crippen molar-refractivity contribution in [3.63, 3.8) is 0 Å². The van der Waals surface area contributed by atoms with Crippen molar-refractivity contribution in [3.05, 3.63) is 22.4 Å². The van der Waals surface area contributed by atoms with Crippen LogP contribution in [0, 0.1) is 5.92 Å². The van der Waals surface area contributed by atoms with Crippen LogP contribution in [-0.2, 0) is 11.2 Å². The number of carbonyl (C=O) groups is 1. The van der Waals surface area contributed by atoms with Gasteiger partial charge in [0.1, 0.15) is 6.54 Å². The molecule has 0 radical (unpaired) electrons. The van der Waals surface area contributed by atoms with E-state index in [-0.39, 0.29) is 12.5 Å². The minimum atomic E-state index is -0.00102. The van der Waals surface area contributed by atoms with E-state index in [9.17, 15) is 4.79 Å². The Kier molecular flexibility index (Phi) is 7.82. The van der Waals surface area contributed by atoms with Gasteiger partial charge in [0.2, 0.25) is 5.91 Å². The zero-order chi connectivity index (χ0) is 15.7. The molecule has 0 spiro atoms. The summed E-state index contributed by atoms with van der Waals surface area (Å²) in [5.74, 6) is 1.23. The molecule has 0 aliphatic rings. The van der Waals surface area contributed by atoms with Crippen molar-refractivity contribution in [2.45, 2.75) is 20.3 Å². The molecule has 5 nitrogen and oxygen atoms in total. The molecular formula is C15H26N4OS. The predicted molar refractivity (Wildman–Crippen MR) is 89.9 cm³/mol. The predicted octanol–water partition coefficient (Wildman–Crippen LogP) is 1.57. The minimum Gasteiger partial charge on any atom is -0.356 e. The summed E-state index contributed by atoms with van der Waals surface area (Å²) in [6, 6.07) is 4.18. The average Bonchev–Trinajstić information content (AvgIpc) is 2.93. The largest absolute Gasteiger partial charge is 0.356 e. The first-order valence-corrected chi connectivity index (χ1v) is 8.11. The molecule has 0 aromatic carbocycles. The maximum Gasteiger partial charge on any atom is 0.243 e. The molecular weight excluding hydrogens is 284 g/mol. The number of aliphatic imine (C=N–C) groups is 1. The number of nitrogens with one attached hydrogen (secondary N) is 2. The van der Waals surface area contributed by atoms with Crippen molar-refractivity contribution in [2.75, 3.05) is 33.7 Å². The Morgan fingerprint density at radius 1 is 1.38 bits per heavy atom. The molecule has 0 fully saturated rings. The fourth-order valence-corrected chi connectivity index (χ4v) is 2.23. The zero-order valence-electron chi connectivity index (χ0n) is 13.3. The maximum absolute atomic E-state index is 11.6. The van der Waals surface area contributed by atoms with E-state index in [1.165, 1.54) is 4.88 Å². The summed E-state index contributed by atoms with van der Waals surface area (Å²) in [4.78, 5) is 18.8. The highest BCUT2D eigenvalue weighted by molar-refractivity contribution is 7.09. The summed E-state index contributed by atoms with van der Waals surface area (Å²) in [6.07, 6.45) is 0.960. The van der Waals surface area contributed by atoms with Crippen LogP contribution in [0.3, 0.4) is 0 Å². The Labute approximate surface area is 131 Å². The molecule has 1 aromatic rings. The molecule has 0 bridgehead atoms. The van der Waals surface area contributed by atoms with Crippen LogP contribution in [0.5, 0.6) is 0 Å². The first-order chi connectivity index (χ1) is 9.99. The van der Waals surface area contributed by atoms with Gasteiger partial charge in [0, 0.05) is 32.1 Å². The molecule has 0 saturated heterocycles. The number of carbonyl (C=O) groups excluding carboxylic acids is 1. The van der Waals surface area contributed by atoms with Crippen LogP contribution < -0.4 is 10.6 Å². The lowest BCUT2D eigenvalue weighted by atomic mass is 10.2. The molecule has 21 heavy (non-hydrogen) atoms. The van der Waals surface area contributed by atoms with Crippen LogP contribution in [0.4, 0.5) is 0 Å².